The maximum Gasteiger partial charge on any atom is 0.419 e. The lowest BCUT2D eigenvalue weighted by molar-refractivity contribution is -0.139. The van der Waals surface area contributed by atoms with Gasteiger partial charge in [0.05, 0.1) is 11.3 Å². The highest BCUT2D eigenvalue weighted by molar-refractivity contribution is 5.73. The van der Waals surface area contributed by atoms with Gasteiger partial charge in [0.15, 0.2) is 11.6 Å². The number of hydrogen-bond acceptors (Lipinski definition) is 7. The van der Waals surface area contributed by atoms with Gasteiger partial charge in [0.25, 0.3) is 0 Å². The van der Waals surface area contributed by atoms with Crippen molar-refractivity contribution in [2.75, 3.05) is 36.0 Å². The van der Waals surface area contributed by atoms with Gasteiger partial charge in [-0.1, -0.05) is 6.92 Å². The molecule has 8 nitrogen and oxygen atoms in total. The van der Waals surface area contributed by atoms with Gasteiger partial charge in [0, 0.05) is 49.4 Å². The minimum Gasteiger partial charge on any atom is -0.393 e. The van der Waals surface area contributed by atoms with Crippen molar-refractivity contribution < 1.29 is 17.6 Å². The molecular weight excluding hydrogens is 500 g/mol. The summed E-state index contributed by atoms with van der Waals surface area (Å²) in [5.74, 6) is 0.393. The molecule has 3 heterocycles. The molecule has 1 saturated heterocycles. The Kier molecular flexibility index (Phi) is 7.82. The first-order valence-corrected chi connectivity index (χ1v) is 12.7. The van der Waals surface area contributed by atoms with Crippen molar-refractivity contribution in [1.29, 1.82) is 0 Å². The van der Waals surface area contributed by atoms with Crippen molar-refractivity contribution in [1.82, 2.24) is 24.8 Å². The number of anilines is 3. The molecule has 1 aliphatic heterocycles. The fourth-order valence-electron chi connectivity index (χ4n) is 4.62. The number of piperidine rings is 1. The van der Waals surface area contributed by atoms with Crippen LogP contribution in [0.2, 0.25) is 0 Å². The lowest BCUT2D eigenvalue weighted by atomic mass is 9.95. The zero-order valence-electron chi connectivity index (χ0n) is 21.8. The van der Waals surface area contributed by atoms with Crippen LogP contribution in [0.4, 0.5) is 34.9 Å². The smallest absolute Gasteiger partial charge is 0.393 e. The second kappa shape index (κ2) is 10.8. The van der Waals surface area contributed by atoms with E-state index in [1.807, 2.05) is 4.57 Å². The quantitative estimate of drug-likeness (QED) is 0.355. The standard InChI is InChI=1S/C26H34F4N8/c1-4-25(2,3)35-9-12-38-14-20(17-5-6-19(27)18(13-17)26(28,29)30)36-23(38)16-7-10-37(11-8-16)24-21(31)22(32)33-15-34-24/h5-6,13-16,35H,4,7-12,31H2,1-3H3,(H2,32,33,34). The van der Waals surface area contributed by atoms with Crippen molar-refractivity contribution in [3.63, 3.8) is 0 Å². The zero-order valence-corrected chi connectivity index (χ0v) is 21.8. The first-order chi connectivity index (χ1) is 17.9. The van der Waals surface area contributed by atoms with E-state index in [9.17, 15) is 17.6 Å². The van der Waals surface area contributed by atoms with E-state index in [4.69, 9.17) is 16.5 Å². The van der Waals surface area contributed by atoms with E-state index in [1.165, 1.54) is 12.4 Å². The average molecular weight is 535 g/mol. The number of rotatable bonds is 8. The van der Waals surface area contributed by atoms with Crippen molar-refractivity contribution in [2.24, 2.45) is 0 Å². The van der Waals surface area contributed by atoms with Crippen LogP contribution in [0.25, 0.3) is 11.3 Å². The Morgan fingerprint density at radius 3 is 2.47 bits per heavy atom. The number of nitrogens with two attached hydrogens (primary N) is 2. The Hall–Kier alpha value is -3.41. The molecule has 0 atom stereocenters. The monoisotopic (exact) mass is 534 g/mol. The predicted molar refractivity (Wildman–Crippen MR) is 140 cm³/mol. The Morgan fingerprint density at radius 2 is 1.82 bits per heavy atom. The van der Waals surface area contributed by atoms with E-state index in [-0.39, 0.29) is 22.8 Å². The Morgan fingerprint density at radius 1 is 1.11 bits per heavy atom. The van der Waals surface area contributed by atoms with Gasteiger partial charge in [-0.25, -0.2) is 19.3 Å². The van der Waals surface area contributed by atoms with Crippen LogP contribution in [0.1, 0.15) is 57.3 Å². The number of aromatic nitrogens is 4. The van der Waals surface area contributed by atoms with Gasteiger partial charge >= 0.3 is 6.18 Å². The first-order valence-electron chi connectivity index (χ1n) is 12.7. The highest BCUT2D eigenvalue weighted by Crippen LogP contribution is 2.36. The average Bonchev–Trinajstić information content (AvgIpc) is 3.29. The van der Waals surface area contributed by atoms with Crippen LogP contribution in [0.15, 0.2) is 30.7 Å². The Balaban J connectivity index is 1.60. The minimum absolute atomic E-state index is 0.0488. The number of nitrogen functional groups attached to an aromatic ring is 2. The zero-order chi connectivity index (χ0) is 27.7. The molecule has 38 heavy (non-hydrogen) atoms. The number of alkyl halides is 3. The largest absolute Gasteiger partial charge is 0.419 e. The van der Waals surface area contributed by atoms with E-state index in [0.29, 0.717) is 43.4 Å². The van der Waals surface area contributed by atoms with Gasteiger partial charge < -0.3 is 26.3 Å². The molecule has 1 aromatic carbocycles. The maximum atomic E-state index is 13.9. The maximum absolute atomic E-state index is 13.9. The summed E-state index contributed by atoms with van der Waals surface area (Å²) in [5.41, 5.74) is 11.5. The van der Waals surface area contributed by atoms with Gasteiger partial charge in [-0.05, 0) is 51.3 Å². The third-order valence-corrected chi connectivity index (χ3v) is 7.27. The molecule has 1 aliphatic rings. The molecule has 12 heteroatoms. The number of nitrogens with one attached hydrogen (secondary N) is 1. The van der Waals surface area contributed by atoms with Crippen molar-refractivity contribution >= 4 is 17.3 Å². The second-order valence-electron chi connectivity index (χ2n) is 10.3. The van der Waals surface area contributed by atoms with Crippen LogP contribution < -0.4 is 21.7 Å². The summed E-state index contributed by atoms with van der Waals surface area (Å²) in [6.45, 7) is 8.90. The lowest BCUT2D eigenvalue weighted by Gasteiger charge is -2.33. The fraction of sp³-hybridized carbons (Fsp3) is 0.500. The summed E-state index contributed by atoms with van der Waals surface area (Å²) in [6.07, 6.45) is 0.781. The van der Waals surface area contributed by atoms with Crippen molar-refractivity contribution in [3.8, 4) is 11.3 Å². The van der Waals surface area contributed by atoms with Crippen LogP contribution in [0.3, 0.4) is 0 Å². The molecule has 0 unspecified atom stereocenters. The van der Waals surface area contributed by atoms with Crippen LogP contribution in [0.5, 0.6) is 0 Å². The molecule has 206 valence electrons. The third-order valence-electron chi connectivity index (χ3n) is 7.27. The van der Waals surface area contributed by atoms with Gasteiger partial charge in [-0.15, -0.1) is 0 Å². The lowest BCUT2D eigenvalue weighted by Crippen LogP contribution is -2.40. The van der Waals surface area contributed by atoms with Gasteiger partial charge in [0.2, 0.25) is 0 Å². The van der Waals surface area contributed by atoms with E-state index < -0.39 is 17.6 Å². The number of hydrogen-bond donors (Lipinski definition) is 3. The highest BCUT2D eigenvalue weighted by atomic mass is 19.4. The fourth-order valence-corrected chi connectivity index (χ4v) is 4.62. The molecular formula is C26H34F4N8. The topological polar surface area (TPSA) is 111 Å². The Bertz CT molecular complexity index is 1260. The SMILES string of the molecule is CCC(C)(C)NCCn1cc(-c2ccc(F)c(C(F)(F)F)c2)nc1C1CCN(c2ncnc(N)c2N)CC1. The number of nitrogens with zero attached hydrogens (tertiary/aromatic N) is 5. The van der Waals surface area contributed by atoms with Crippen LogP contribution in [-0.2, 0) is 12.7 Å². The van der Waals surface area contributed by atoms with E-state index in [1.54, 1.807) is 6.20 Å². The molecule has 5 N–H and O–H groups in total. The van der Waals surface area contributed by atoms with Crippen molar-refractivity contribution in [2.45, 2.75) is 64.2 Å². The van der Waals surface area contributed by atoms with Crippen LogP contribution >= 0.6 is 0 Å². The first kappa shape index (κ1) is 27.6. The number of imidazole rings is 1. The molecule has 4 rings (SSSR count). The number of halogens is 4. The van der Waals surface area contributed by atoms with E-state index in [0.717, 1.165) is 37.2 Å². The molecule has 0 saturated carbocycles. The summed E-state index contributed by atoms with van der Waals surface area (Å²) in [5, 5.41) is 3.52. The molecule has 0 amide bonds. The van der Waals surface area contributed by atoms with Gasteiger partial charge in [0.1, 0.15) is 23.7 Å². The van der Waals surface area contributed by atoms with E-state index >= 15 is 0 Å². The Labute approximate surface area is 219 Å². The molecule has 0 bridgehead atoms. The summed E-state index contributed by atoms with van der Waals surface area (Å²) in [4.78, 5) is 15.0. The molecule has 1 fully saturated rings. The molecule has 2 aromatic heterocycles. The summed E-state index contributed by atoms with van der Waals surface area (Å²) in [7, 11) is 0. The number of benzene rings is 1. The highest BCUT2D eigenvalue weighted by Gasteiger charge is 2.35. The van der Waals surface area contributed by atoms with Crippen molar-refractivity contribution in [3.05, 3.63) is 47.9 Å². The summed E-state index contributed by atoms with van der Waals surface area (Å²) in [6, 6.07) is 3.01. The molecule has 3 aromatic rings. The minimum atomic E-state index is -4.79. The second-order valence-corrected chi connectivity index (χ2v) is 10.3. The molecule has 0 aliphatic carbocycles. The third kappa shape index (κ3) is 6.01. The summed E-state index contributed by atoms with van der Waals surface area (Å²) >= 11 is 0. The normalized spacial score (nSPS) is 15.3. The summed E-state index contributed by atoms with van der Waals surface area (Å²) < 4.78 is 56.0. The molecule has 0 radical (unpaired) electrons. The van der Waals surface area contributed by atoms with Crippen LogP contribution in [0, 0.1) is 5.82 Å². The predicted octanol–water partition coefficient (Wildman–Crippen LogP) is 4.82. The molecule has 0 spiro atoms. The van der Waals surface area contributed by atoms with Gasteiger partial charge in [-0.3, -0.25) is 0 Å². The van der Waals surface area contributed by atoms with Gasteiger partial charge in [-0.2, -0.15) is 13.2 Å². The van der Waals surface area contributed by atoms with Crippen LogP contribution in [-0.4, -0.2) is 44.7 Å². The van der Waals surface area contributed by atoms with E-state index in [2.05, 4.69) is 41.0 Å².